The molecule has 38 heavy (non-hydrogen) atoms. The average molecular weight is 548 g/mol. The molecule has 4 rings (SSSR count). The second-order valence-corrected chi connectivity index (χ2v) is 10.9. The Morgan fingerprint density at radius 3 is 2.74 bits per heavy atom. The summed E-state index contributed by atoms with van der Waals surface area (Å²) in [5, 5.41) is 25.7. The number of hydrogen-bond donors (Lipinski definition) is 4. The number of furan rings is 1. The summed E-state index contributed by atoms with van der Waals surface area (Å²) in [6.45, 7) is 3.13. The van der Waals surface area contributed by atoms with Gasteiger partial charge in [0.15, 0.2) is 0 Å². The first kappa shape index (κ1) is 28.4. The highest BCUT2D eigenvalue weighted by Gasteiger charge is 2.45. The number of piperidine rings is 1. The third-order valence-electron chi connectivity index (χ3n) is 7.99. The van der Waals surface area contributed by atoms with Crippen molar-refractivity contribution in [2.45, 2.75) is 63.2 Å². The standard InChI is InChI=1S/C28H38ClN3O6/c1-17-9-10-24(38-17)25-20(7-3-8-21(25)29)28(36,11-5-12-31-27(35)37-2)19-6-4-13-32(16-19)26(34)18-14-22(30)23(33)15-18/h3,7-10,18-19,22-23,33,36H,4-6,11-16,30H2,1-2H3,(H,31,35)/t18-,19+,22+,23-,28-/m0/s1. The zero-order chi connectivity index (χ0) is 27.4. The highest BCUT2D eigenvalue weighted by atomic mass is 35.5. The molecule has 0 unspecified atom stereocenters. The molecule has 1 aliphatic heterocycles. The van der Waals surface area contributed by atoms with Crippen molar-refractivity contribution in [2.75, 3.05) is 26.7 Å². The van der Waals surface area contributed by atoms with Gasteiger partial charge in [-0.3, -0.25) is 4.79 Å². The first-order chi connectivity index (χ1) is 18.1. The highest BCUT2D eigenvalue weighted by molar-refractivity contribution is 6.33. The number of likely N-dealkylation sites (tertiary alicyclic amines) is 1. The van der Waals surface area contributed by atoms with Crippen molar-refractivity contribution in [3.8, 4) is 11.3 Å². The molecular formula is C28H38ClN3O6. The lowest BCUT2D eigenvalue weighted by Crippen LogP contribution is -2.49. The third kappa shape index (κ3) is 6.01. The predicted molar refractivity (Wildman–Crippen MR) is 143 cm³/mol. The van der Waals surface area contributed by atoms with Gasteiger partial charge in [-0.2, -0.15) is 0 Å². The van der Waals surface area contributed by atoms with Crippen molar-refractivity contribution in [2.24, 2.45) is 17.6 Å². The van der Waals surface area contributed by atoms with Crippen LogP contribution in [0.15, 0.2) is 34.7 Å². The molecule has 2 aromatic rings. The Hall–Kier alpha value is -2.59. The number of nitrogens with zero attached hydrogens (tertiary/aromatic N) is 1. The van der Waals surface area contributed by atoms with Crippen molar-refractivity contribution in [1.29, 1.82) is 0 Å². The molecule has 1 aliphatic carbocycles. The number of aliphatic hydroxyl groups is 2. The molecule has 1 saturated heterocycles. The SMILES string of the molecule is COC(=O)NCCC[C@@](O)(c1cccc(Cl)c1-c1ccc(C)o1)[C@@H]1CCCN(C(=O)[C@H]2C[C@@H](N)[C@@H](O)C2)C1. The lowest BCUT2D eigenvalue weighted by molar-refractivity contribution is -0.141. The van der Waals surface area contributed by atoms with Gasteiger partial charge in [0.1, 0.15) is 11.5 Å². The molecule has 2 heterocycles. The average Bonchev–Trinajstić information content (AvgIpc) is 3.49. The Balaban J connectivity index is 1.65. The van der Waals surface area contributed by atoms with Gasteiger partial charge in [0.05, 0.1) is 23.8 Å². The minimum Gasteiger partial charge on any atom is -0.461 e. The Kier molecular flexibility index (Phi) is 9.03. The van der Waals surface area contributed by atoms with Crippen molar-refractivity contribution in [3.05, 3.63) is 46.7 Å². The van der Waals surface area contributed by atoms with Gasteiger partial charge in [0.2, 0.25) is 5.91 Å². The Bertz CT molecular complexity index is 1130. The summed E-state index contributed by atoms with van der Waals surface area (Å²) in [6, 6.07) is 8.73. The highest BCUT2D eigenvalue weighted by Crippen LogP contribution is 2.46. The number of amides is 2. The maximum absolute atomic E-state index is 13.4. The van der Waals surface area contributed by atoms with E-state index < -0.39 is 23.8 Å². The minimum absolute atomic E-state index is 0.0237. The number of benzene rings is 1. The topological polar surface area (TPSA) is 138 Å². The molecule has 0 radical (unpaired) electrons. The molecule has 5 atom stereocenters. The first-order valence-corrected chi connectivity index (χ1v) is 13.6. The number of aliphatic hydroxyl groups excluding tert-OH is 1. The molecular weight excluding hydrogens is 510 g/mol. The lowest BCUT2D eigenvalue weighted by atomic mass is 9.72. The van der Waals surface area contributed by atoms with Gasteiger partial charge in [-0.05, 0) is 69.2 Å². The van der Waals surface area contributed by atoms with Gasteiger partial charge in [-0.25, -0.2) is 4.79 Å². The number of nitrogens with two attached hydrogens (primary N) is 1. The van der Waals surface area contributed by atoms with E-state index in [1.165, 1.54) is 7.11 Å². The fourth-order valence-electron chi connectivity index (χ4n) is 5.96. The summed E-state index contributed by atoms with van der Waals surface area (Å²) < 4.78 is 10.6. The van der Waals surface area contributed by atoms with E-state index in [4.69, 9.17) is 21.8 Å². The lowest BCUT2D eigenvalue weighted by Gasteiger charge is -2.44. The second kappa shape index (κ2) is 12.1. The molecule has 0 spiro atoms. The number of rotatable bonds is 8. The van der Waals surface area contributed by atoms with Crippen molar-refractivity contribution >= 4 is 23.6 Å². The van der Waals surface area contributed by atoms with E-state index in [1.54, 1.807) is 6.07 Å². The van der Waals surface area contributed by atoms with Gasteiger partial charge in [0.25, 0.3) is 0 Å². The molecule has 9 nitrogen and oxygen atoms in total. The van der Waals surface area contributed by atoms with E-state index in [9.17, 15) is 19.8 Å². The first-order valence-electron chi connectivity index (χ1n) is 13.3. The van der Waals surface area contributed by atoms with E-state index in [0.29, 0.717) is 73.6 Å². The molecule has 10 heteroatoms. The van der Waals surface area contributed by atoms with Crippen molar-refractivity contribution < 1.29 is 29.0 Å². The number of ether oxygens (including phenoxy) is 1. The molecule has 1 aromatic carbocycles. The van der Waals surface area contributed by atoms with E-state index in [1.807, 2.05) is 36.1 Å². The molecule has 5 N–H and O–H groups in total. The van der Waals surface area contributed by atoms with E-state index in [0.717, 1.165) is 12.2 Å². The summed E-state index contributed by atoms with van der Waals surface area (Å²) in [5.41, 5.74) is 5.88. The van der Waals surface area contributed by atoms with Gasteiger partial charge in [-0.15, -0.1) is 0 Å². The fraction of sp³-hybridized carbons (Fsp3) is 0.571. The van der Waals surface area contributed by atoms with Crippen molar-refractivity contribution in [3.63, 3.8) is 0 Å². The zero-order valence-electron chi connectivity index (χ0n) is 22.0. The summed E-state index contributed by atoms with van der Waals surface area (Å²) in [6.07, 6.45) is 1.86. The van der Waals surface area contributed by atoms with E-state index >= 15 is 0 Å². The number of aryl methyl sites for hydroxylation is 1. The Labute approximate surface area is 228 Å². The zero-order valence-corrected chi connectivity index (χ0v) is 22.7. The molecule has 2 aliphatic rings. The molecule has 0 bridgehead atoms. The number of alkyl carbamates (subject to hydrolysis) is 1. The number of halogens is 1. The maximum Gasteiger partial charge on any atom is 0.406 e. The van der Waals surface area contributed by atoms with Gasteiger partial charge >= 0.3 is 6.09 Å². The number of carbonyl (C=O) groups excluding carboxylic acids is 2. The second-order valence-electron chi connectivity index (χ2n) is 10.5. The normalized spacial score (nSPS) is 25.2. The van der Waals surface area contributed by atoms with Crippen molar-refractivity contribution in [1.82, 2.24) is 10.2 Å². The van der Waals surface area contributed by atoms with E-state index in [2.05, 4.69) is 10.1 Å². The van der Waals surface area contributed by atoms with Gasteiger partial charge < -0.3 is 35.3 Å². The third-order valence-corrected chi connectivity index (χ3v) is 8.31. The van der Waals surface area contributed by atoms with Gasteiger partial charge in [0, 0.05) is 43.1 Å². The smallest absolute Gasteiger partial charge is 0.406 e. The van der Waals surface area contributed by atoms with Gasteiger partial charge in [-0.1, -0.05) is 23.7 Å². The monoisotopic (exact) mass is 547 g/mol. The fourth-order valence-corrected chi connectivity index (χ4v) is 6.23. The molecule has 1 saturated carbocycles. The molecule has 1 aromatic heterocycles. The van der Waals surface area contributed by atoms with Crippen LogP contribution in [0.5, 0.6) is 0 Å². The summed E-state index contributed by atoms with van der Waals surface area (Å²) >= 11 is 6.69. The maximum atomic E-state index is 13.4. The van der Waals surface area contributed by atoms with E-state index in [-0.39, 0.29) is 17.7 Å². The van der Waals surface area contributed by atoms with Crippen LogP contribution >= 0.6 is 11.6 Å². The summed E-state index contributed by atoms with van der Waals surface area (Å²) in [4.78, 5) is 26.8. The summed E-state index contributed by atoms with van der Waals surface area (Å²) in [5.74, 6) is 0.662. The number of carbonyl (C=O) groups is 2. The number of hydrogen-bond acceptors (Lipinski definition) is 7. The molecule has 2 fully saturated rings. The van der Waals surface area contributed by atoms with Crippen LogP contribution in [0, 0.1) is 18.8 Å². The van der Waals surface area contributed by atoms with Crippen LogP contribution in [-0.4, -0.2) is 66.0 Å². The largest absolute Gasteiger partial charge is 0.461 e. The minimum atomic E-state index is -1.36. The Morgan fingerprint density at radius 1 is 1.29 bits per heavy atom. The van der Waals surface area contributed by atoms with Crippen LogP contribution in [-0.2, 0) is 15.1 Å². The molecule has 2 amide bonds. The quantitative estimate of drug-likeness (QED) is 0.371. The van der Waals surface area contributed by atoms with Crippen LogP contribution in [0.4, 0.5) is 4.79 Å². The van der Waals surface area contributed by atoms with Crippen LogP contribution in [0.3, 0.4) is 0 Å². The number of methoxy groups -OCH3 is 1. The molecule has 208 valence electrons. The Morgan fingerprint density at radius 2 is 2.08 bits per heavy atom. The van der Waals surface area contributed by atoms with Crippen LogP contribution in [0.25, 0.3) is 11.3 Å². The van der Waals surface area contributed by atoms with Crippen LogP contribution in [0.1, 0.15) is 49.8 Å². The summed E-state index contributed by atoms with van der Waals surface area (Å²) in [7, 11) is 1.30. The van der Waals surface area contributed by atoms with Crippen LogP contribution < -0.4 is 11.1 Å². The number of nitrogens with one attached hydrogen (secondary N) is 1. The predicted octanol–water partition coefficient (Wildman–Crippen LogP) is 3.57. The van der Waals surface area contributed by atoms with Crippen LogP contribution in [0.2, 0.25) is 5.02 Å².